The molecule has 0 spiro atoms. The summed E-state index contributed by atoms with van der Waals surface area (Å²) in [6.45, 7) is -0.548. The zero-order chi connectivity index (χ0) is 23.0. The maximum absolute atomic E-state index is 14.2. The van der Waals surface area contributed by atoms with Gasteiger partial charge in [-0.3, -0.25) is 18.1 Å². The highest BCUT2D eigenvalue weighted by Gasteiger charge is 2.46. The van der Waals surface area contributed by atoms with Gasteiger partial charge in [-0.25, -0.2) is 13.8 Å². The van der Waals surface area contributed by atoms with Gasteiger partial charge in [0.25, 0.3) is 0 Å². The van der Waals surface area contributed by atoms with Crippen molar-refractivity contribution in [2.75, 3.05) is 18.9 Å². The van der Waals surface area contributed by atoms with Gasteiger partial charge in [0.1, 0.15) is 29.9 Å². The van der Waals surface area contributed by atoms with Crippen molar-refractivity contribution < 1.29 is 37.5 Å². The van der Waals surface area contributed by atoms with Crippen molar-refractivity contribution in [3.05, 3.63) is 57.3 Å². The molecule has 0 radical (unpaired) electrons. The first-order valence-electron chi connectivity index (χ1n) is 9.55. The third kappa shape index (κ3) is 4.73. The lowest BCUT2D eigenvalue weighted by Gasteiger charge is -2.30. The minimum absolute atomic E-state index is 0.0189. The van der Waals surface area contributed by atoms with Gasteiger partial charge in [0.2, 0.25) is 0 Å². The van der Waals surface area contributed by atoms with E-state index in [9.17, 15) is 24.0 Å². The number of nitrogens with zero attached hydrogens (tertiary/aromatic N) is 2. The van der Waals surface area contributed by atoms with Crippen LogP contribution in [0.3, 0.4) is 0 Å². The number of aliphatic hydroxyl groups is 2. The van der Waals surface area contributed by atoms with Crippen molar-refractivity contribution >= 4 is 25.2 Å². The summed E-state index contributed by atoms with van der Waals surface area (Å²) >= 11 is 5.91. The van der Waals surface area contributed by atoms with Crippen LogP contribution in [0.15, 0.2) is 35.3 Å². The Morgan fingerprint density at radius 1 is 1.34 bits per heavy atom. The van der Waals surface area contributed by atoms with E-state index in [0.717, 1.165) is 4.57 Å². The number of nitrogen functional groups attached to an aromatic ring is 1. The number of anilines is 1. The lowest BCUT2D eigenvalue weighted by molar-refractivity contribution is -0.0610. The SMILES string of the molecule is Nc1ccn([C@@H]2O[C@H](CO[P@]3(=O)OCC[C@H](c4cc(Cl)ccc4F)O3)[C@@H](O)[C@@H]2O)c(=O)n1. The highest BCUT2D eigenvalue weighted by molar-refractivity contribution is 7.48. The van der Waals surface area contributed by atoms with E-state index >= 15 is 0 Å². The Balaban J connectivity index is 1.44. The Morgan fingerprint density at radius 3 is 2.88 bits per heavy atom. The van der Waals surface area contributed by atoms with Crippen molar-refractivity contribution in [3.8, 4) is 0 Å². The molecule has 2 fully saturated rings. The average Bonchev–Trinajstić information content (AvgIpc) is 3.02. The van der Waals surface area contributed by atoms with Gasteiger partial charge in [0.15, 0.2) is 6.23 Å². The van der Waals surface area contributed by atoms with Crippen LogP contribution in [0.4, 0.5) is 10.2 Å². The molecule has 11 nitrogen and oxygen atoms in total. The van der Waals surface area contributed by atoms with Crippen LogP contribution in [0.25, 0.3) is 0 Å². The predicted octanol–water partition coefficient (Wildman–Crippen LogP) is 1.54. The molecule has 32 heavy (non-hydrogen) atoms. The molecule has 0 unspecified atom stereocenters. The van der Waals surface area contributed by atoms with Crippen molar-refractivity contribution in [1.29, 1.82) is 0 Å². The number of benzene rings is 1. The lowest BCUT2D eigenvalue weighted by atomic mass is 10.1. The molecule has 0 saturated carbocycles. The number of hydrogen-bond acceptors (Lipinski definition) is 10. The van der Waals surface area contributed by atoms with E-state index in [0.29, 0.717) is 0 Å². The molecule has 14 heteroatoms. The van der Waals surface area contributed by atoms with Crippen LogP contribution in [0, 0.1) is 5.82 Å². The molecule has 0 aliphatic carbocycles. The maximum Gasteiger partial charge on any atom is 0.475 e. The smallest absolute Gasteiger partial charge is 0.387 e. The highest BCUT2D eigenvalue weighted by Crippen LogP contribution is 2.57. The molecule has 1 aromatic heterocycles. The van der Waals surface area contributed by atoms with Gasteiger partial charge in [-0.1, -0.05) is 11.6 Å². The van der Waals surface area contributed by atoms with E-state index in [4.69, 9.17) is 35.6 Å². The van der Waals surface area contributed by atoms with Crippen LogP contribution in [0.2, 0.25) is 5.02 Å². The van der Waals surface area contributed by atoms with E-state index in [1.807, 2.05) is 0 Å². The maximum atomic E-state index is 14.2. The molecule has 174 valence electrons. The topological polar surface area (TPSA) is 155 Å². The van der Waals surface area contributed by atoms with E-state index in [-0.39, 0.29) is 29.4 Å². The molecule has 0 bridgehead atoms. The summed E-state index contributed by atoms with van der Waals surface area (Å²) < 4.78 is 49.3. The van der Waals surface area contributed by atoms with Crippen molar-refractivity contribution in [2.45, 2.75) is 37.1 Å². The standard InChI is InChI=1S/C18H20ClFN3O8P/c19-9-1-2-11(20)10(7-9)12-4-6-28-32(27,31-12)29-8-13-15(24)16(25)17(30-13)23-5-3-14(21)22-18(23)26/h1-3,5,7,12-13,15-17,24-25H,4,6,8H2,(H2,21,22,26)/t12-,13-,15-,16+,17-,32+/m1/s1. The van der Waals surface area contributed by atoms with Gasteiger partial charge in [-0.15, -0.1) is 0 Å². The van der Waals surface area contributed by atoms with Crippen LogP contribution < -0.4 is 11.4 Å². The third-order valence-corrected chi connectivity index (χ3v) is 6.76. The first kappa shape index (κ1) is 23.3. The zero-order valence-corrected chi connectivity index (χ0v) is 18.1. The molecule has 2 aliphatic heterocycles. The van der Waals surface area contributed by atoms with Crippen LogP contribution in [-0.4, -0.2) is 51.3 Å². The second-order valence-corrected chi connectivity index (χ2v) is 9.27. The van der Waals surface area contributed by atoms with E-state index in [1.54, 1.807) is 0 Å². The number of aromatic nitrogens is 2. The Kier molecular flexibility index (Phi) is 6.66. The number of phosphoric acid groups is 1. The monoisotopic (exact) mass is 491 g/mol. The fourth-order valence-corrected chi connectivity index (χ4v) is 5.00. The van der Waals surface area contributed by atoms with Gasteiger partial charge >= 0.3 is 13.5 Å². The molecule has 2 aromatic rings. The number of aliphatic hydroxyl groups excluding tert-OH is 2. The van der Waals surface area contributed by atoms with E-state index in [1.165, 1.54) is 30.5 Å². The highest BCUT2D eigenvalue weighted by atomic mass is 35.5. The number of nitrogens with two attached hydrogens (primary N) is 1. The molecular weight excluding hydrogens is 472 g/mol. The molecule has 6 atom stereocenters. The molecule has 2 saturated heterocycles. The summed E-state index contributed by atoms with van der Waals surface area (Å²) in [5.41, 5.74) is 4.76. The Bertz CT molecular complexity index is 1100. The Hall–Kier alpha value is -1.89. The predicted molar refractivity (Wildman–Crippen MR) is 108 cm³/mol. The first-order valence-corrected chi connectivity index (χ1v) is 11.4. The van der Waals surface area contributed by atoms with Crippen molar-refractivity contribution in [1.82, 2.24) is 9.55 Å². The molecular formula is C18H20ClFN3O8P. The summed E-state index contributed by atoms with van der Waals surface area (Å²) in [7, 11) is -4.16. The van der Waals surface area contributed by atoms with Crippen LogP contribution in [0.5, 0.6) is 0 Å². The van der Waals surface area contributed by atoms with Gasteiger partial charge in [0, 0.05) is 23.2 Å². The number of halogens is 2. The minimum atomic E-state index is -4.16. The zero-order valence-electron chi connectivity index (χ0n) is 16.4. The van der Waals surface area contributed by atoms with Gasteiger partial charge < -0.3 is 20.7 Å². The summed E-state index contributed by atoms with van der Waals surface area (Å²) in [6, 6.07) is 5.23. The van der Waals surface area contributed by atoms with Crippen molar-refractivity contribution in [3.63, 3.8) is 0 Å². The van der Waals surface area contributed by atoms with Crippen LogP contribution in [0.1, 0.15) is 24.3 Å². The lowest BCUT2D eigenvalue weighted by Crippen LogP contribution is -2.36. The minimum Gasteiger partial charge on any atom is -0.387 e. The third-order valence-electron chi connectivity index (χ3n) is 5.05. The van der Waals surface area contributed by atoms with Gasteiger partial charge in [-0.05, 0) is 24.3 Å². The first-order chi connectivity index (χ1) is 15.2. The fourth-order valence-electron chi connectivity index (χ4n) is 3.43. The normalized spacial score (nSPS) is 32.8. The van der Waals surface area contributed by atoms with E-state index in [2.05, 4.69) is 4.98 Å². The van der Waals surface area contributed by atoms with Crippen LogP contribution in [-0.2, 0) is 22.9 Å². The molecule has 0 amide bonds. The van der Waals surface area contributed by atoms with Crippen LogP contribution >= 0.6 is 19.4 Å². The summed E-state index contributed by atoms with van der Waals surface area (Å²) in [6.07, 6.45) is -4.91. The summed E-state index contributed by atoms with van der Waals surface area (Å²) in [4.78, 5) is 15.5. The summed E-state index contributed by atoms with van der Waals surface area (Å²) in [5, 5.41) is 20.9. The number of hydrogen-bond donors (Lipinski definition) is 3. The Morgan fingerprint density at radius 2 is 2.12 bits per heavy atom. The average molecular weight is 492 g/mol. The number of rotatable bonds is 5. The second-order valence-electron chi connectivity index (χ2n) is 7.21. The van der Waals surface area contributed by atoms with Gasteiger partial charge in [0.05, 0.1) is 19.3 Å². The van der Waals surface area contributed by atoms with Gasteiger partial charge in [-0.2, -0.15) is 4.98 Å². The summed E-state index contributed by atoms with van der Waals surface area (Å²) in [5.74, 6) is -0.606. The molecule has 3 heterocycles. The molecule has 1 aromatic carbocycles. The molecule has 4 rings (SSSR count). The Labute approximate surface area is 186 Å². The largest absolute Gasteiger partial charge is 0.475 e. The quantitative estimate of drug-likeness (QED) is 0.524. The van der Waals surface area contributed by atoms with E-state index < -0.39 is 56.6 Å². The molecule has 2 aliphatic rings. The number of phosphoric ester groups is 1. The second kappa shape index (κ2) is 9.16. The fraction of sp³-hybridized carbons (Fsp3) is 0.444. The van der Waals surface area contributed by atoms with Crippen molar-refractivity contribution in [2.24, 2.45) is 0 Å². The molecule has 4 N–H and O–H groups in total. The number of ether oxygens (including phenoxy) is 1.